The smallest absolute Gasteiger partial charge is 0.264 e. The van der Waals surface area contributed by atoms with Crippen LogP contribution in [0.4, 0.5) is 9.52 Å². The van der Waals surface area contributed by atoms with Gasteiger partial charge >= 0.3 is 0 Å². The van der Waals surface area contributed by atoms with Crippen LogP contribution in [0.5, 0.6) is 5.75 Å². The largest absolute Gasteiger partial charge is 0.484 e. The molecular formula is C11H10FN3O4S2. The van der Waals surface area contributed by atoms with E-state index in [1.165, 1.54) is 24.3 Å². The first-order valence-corrected chi connectivity index (χ1v) is 8.27. The fraction of sp³-hybridized carbons (Fsp3) is 0.182. The van der Waals surface area contributed by atoms with Gasteiger partial charge < -0.3 is 4.74 Å². The van der Waals surface area contributed by atoms with Gasteiger partial charge in [-0.2, -0.15) is 0 Å². The molecule has 0 bridgehead atoms. The molecular weight excluding hydrogens is 321 g/mol. The van der Waals surface area contributed by atoms with Gasteiger partial charge in [0, 0.05) is 6.26 Å². The van der Waals surface area contributed by atoms with Gasteiger partial charge in [0.15, 0.2) is 6.61 Å². The summed E-state index contributed by atoms with van der Waals surface area (Å²) < 4.78 is 40.0. The van der Waals surface area contributed by atoms with Gasteiger partial charge in [-0.25, -0.2) is 12.8 Å². The first-order valence-electron chi connectivity index (χ1n) is 5.56. The van der Waals surface area contributed by atoms with Gasteiger partial charge in [0.2, 0.25) is 19.3 Å². The van der Waals surface area contributed by atoms with E-state index >= 15 is 0 Å². The van der Waals surface area contributed by atoms with E-state index in [9.17, 15) is 17.6 Å². The normalized spacial score (nSPS) is 11.1. The molecule has 0 fully saturated rings. The number of benzene rings is 1. The summed E-state index contributed by atoms with van der Waals surface area (Å²) in [7, 11) is -3.45. The van der Waals surface area contributed by atoms with Crippen LogP contribution in [0, 0.1) is 5.82 Å². The van der Waals surface area contributed by atoms with Gasteiger partial charge in [0.1, 0.15) is 11.6 Å². The summed E-state index contributed by atoms with van der Waals surface area (Å²) in [6, 6.07) is 5.18. The van der Waals surface area contributed by atoms with Crippen molar-refractivity contribution in [1.29, 1.82) is 0 Å². The van der Waals surface area contributed by atoms with Crippen LogP contribution in [0.3, 0.4) is 0 Å². The molecule has 0 aliphatic rings. The third kappa shape index (κ3) is 4.46. The van der Waals surface area contributed by atoms with Crippen LogP contribution in [0.25, 0.3) is 0 Å². The van der Waals surface area contributed by atoms with Crippen LogP contribution in [-0.2, 0) is 14.6 Å². The van der Waals surface area contributed by atoms with Gasteiger partial charge in [-0.05, 0) is 24.3 Å². The number of anilines is 1. The summed E-state index contributed by atoms with van der Waals surface area (Å²) >= 11 is 0.745. The molecule has 1 N–H and O–H groups in total. The summed E-state index contributed by atoms with van der Waals surface area (Å²) in [4.78, 5) is 11.6. The number of carbonyl (C=O) groups is 1. The number of nitrogens with zero attached hydrogens (tertiary/aromatic N) is 2. The fourth-order valence-corrected chi connectivity index (χ4v) is 2.77. The summed E-state index contributed by atoms with van der Waals surface area (Å²) in [6.07, 6.45) is 0.997. The lowest BCUT2D eigenvalue weighted by molar-refractivity contribution is -0.118. The zero-order chi connectivity index (χ0) is 15.5. The second kappa shape index (κ2) is 6.14. The van der Waals surface area contributed by atoms with E-state index in [2.05, 4.69) is 15.5 Å². The Kier molecular flexibility index (Phi) is 4.48. The Bertz CT molecular complexity index is 743. The highest BCUT2D eigenvalue weighted by Crippen LogP contribution is 2.19. The molecule has 0 radical (unpaired) electrons. The average Bonchev–Trinajstić information content (AvgIpc) is 2.86. The van der Waals surface area contributed by atoms with E-state index in [0.29, 0.717) is 5.75 Å². The van der Waals surface area contributed by atoms with E-state index in [1.54, 1.807) is 0 Å². The molecule has 112 valence electrons. The Labute approximate surface area is 123 Å². The monoisotopic (exact) mass is 331 g/mol. The summed E-state index contributed by atoms with van der Waals surface area (Å²) in [5, 5.41) is 9.41. The maximum absolute atomic E-state index is 12.7. The summed E-state index contributed by atoms with van der Waals surface area (Å²) in [5.74, 6) is -0.606. The quantitative estimate of drug-likeness (QED) is 0.824. The molecule has 2 rings (SSSR count). The molecule has 7 nitrogen and oxygen atoms in total. The van der Waals surface area contributed by atoms with Crippen molar-refractivity contribution in [3.63, 3.8) is 0 Å². The van der Waals surface area contributed by atoms with E-state index < -0.39 is 21.6 Å². The van der Waals surface area contributed by atoms with E-state index in [0.717, 1.165) is 17.6 Å². The second-order valence-electron chi connectivity index (χ2n) is 3.94. The molecule has 10 heteroatoms. The number of halogens is 1. The average molecular weight is 331 g/mol. The first kappa shape index (κ1) is 15.3. The van der Waals surface area contributed by atoms with Crippen LogP contribution in [0.15, 0.2) is 28.6 Å². The SMILES string of the molecule is CS(=O)(=O)c1nnc(NC(=O)COc2ccc(F)cc2)s1. The van der Waals surface area contributed by atoms with Crippen LogP contribution in [0.2, 0.25) is 0 Å². The van der Waals surface area contributed by atoms with Gasteiger partial charge in [0.05, 0.1) is 0 Å². The number of hydrogen-bond donors (Lipinski definition) is 1. The molecule has 0 unspecified atom stereocenters. The predicted molar refractivity (Wildman–Crippen MR) is 73.5 cm³/mol. The molecule has 0 aliphatic carbocycles. The molecule has 0 spiro atoms. The van der Waals surface area contributed by atoms with Gasteiger partial charge in [-0.1, -0.05) is 11.3 Å². The second-order valence-corrected chi connectivity index (χ2v) is 7.10. The Morgan fingerprint density at radius 3 is 2.57 bits per heavy atom. The molecule has 1 aromatic heterocycles. The predicted octanol–water partition coefficient (Wildman–Crippen LogP) is 1.10. The van der Waals surface area contributed by atoms with Crippen molar-refractivity contribution in [2.45, 2.75) is 4.34 Å². The summed E-state index contributed by atoms with van der Waals surface area (Å²) in [6.45, 7) is -0.320. The minimum atomic E-state index is -3.45. The lowest BCUT2D eigenvalue weighted by Gasteiger charge is -2.05. The fourth-order valence-electron chi connectivity index (χ4n) is 1.25. The molecule has 2 aromatic rings. The zero-order valence-electron chi connectivity index (χ0n) is 10.7. The minimum Gasteiger partial charge on any atom is -0.484 e. The number of nitrogens with one attached hydrogen (secondary N) is 1. The van der Waals surface area contributed by atoms with Crippen molar-refractivity contribution in [2.24, 2.45) is 0 Å². The lowest BCUT2D eigenvalue weighted by atomic mass is 10.3. The van der Waals surface area contributed by atoms with Crippen molar-refractivity contribution in [3.8, 4) is 5.75 Å². The lowest BCUT2D eigenvalue weighted by Crippen LogP contribution is -2.20. The molecule has 1 amide bonds. The molecule has 1 heterocycles. The van der Waals surface area contributed by atoms with Crippen LogP contribution < -0.4 is 10.1 Å². The number of sulfone groups is 1. The number of amides is 1. The van der Waals surface area contributed by atoms with E-state index in [1.807, 2.05) is 0 Å². The van der Waals surface area contributed by atoms with Crippen molar-refractivity contribution in [2.75, 3.05) is 18.2 Å². The van der Waals surface area contributed by atoms with Crippen LogP contribution in [0.1, 0.15) is 0 Å². The number of aromatic nitrogens is 2. The molecule has 0 aliphatic heterocycles. The maximum Gasteiger partial charge on any atom is 0.264 e. The molecule has 0 saturated carbocycles. The third-order valence-electron chi connectivity index (χ3n) is 2.15. The van der Waals surface area contributed by atoms with Crippen molar-refractivity contribution in [1.82, 2.24) is 10.2 Å². The highest BCUT2D eigenvalue weighted by molar-refractivity contribution is 7.92. The summed E-state index contributed by atoms with van der Waals surface area (Å²) in [5.41, 5.74) is 0. The molecule has 0 atom stereocenters. The van der Waals surface area contributed by atoms with E-state index in [4.69, 9.17) is 4.74 Å². The molecule has 0 saturated heterocycles. The van der Waals surface area contributed by atoms with Crippen LogP contribution in [-0.4, -0.2) is 37.4 Å². The van der Waals surface area contributed by atoms with E-state index in [-0.39, 0.29) is 16.1 Å². The third-order valence-corrected chi connectivity index (χ3v) is 4.66. The number of carbonyl (C=O) groups excluding carboxylic acids is 1. The number of ether oxygens (including phenoxy) is 1. The Morgan fingerprint density at radius 1 is 1.33 bits per heavy atom. The number of rotatable bonds is 5. The van der Waals surface area contributed by atoms with Gasteiger partial charge in [-0.15, -0.1) is 10.2 Å². The van der Waals surface area contributed by atoms with Gasteiger partial charge in [-0.3, -0.25) is 10.1 Å². The van der Waals surface area contributed by atoms with Crippen LogP contribution >= 0.6 is 11.3 Å². The van der Waals surface area contributed by atoms with Crippen molar-refractivity contribution in [3.05, 3.63) is 30.1 Å². The Morgan fingerprint density at radius 2 is 2.00 bits per heavy atom. The Hall–Kier alpha value is -2.07. The highest BCUT2D eigenvalue weighted by Gasteiger charge is 2.15. The Balaban J connectivity index is 1.90. The first-order chi connectivity index (χ1) is 9.84. The van der Waals surface area contributed by atoms with Gasteiger partial charge in [0.25, 0.3) is 5.91 Å². The molecule has 1 aromatic carbocycles. The highest BCUT2D eigenvalue weighted by atomic mass is 32.2. The van der Waals surface area contributed by atoms with Crippen molar-refractivity contribution >= 4 is 32.2 Å². The topological polar surface area (TPSA) is 98.3 Å². The molecule has 21 heavy (non-hydrogen) atoms. The number of hydrogen-bond acceptors (Lipinski definition) is 7. The standard InChI is InChI=1S/C11H10FN3O4S2/c1-21(17,18)11-15-14-10(20-11)13-9(16)6-19-8-4-2-7(12)3-5-8/h2-5H,6H2,1H3,(H,13,14,16). The van der Waals surface area contributed by atoms with Crippen molar-refractivity contribution < 1.29 is 22.3 Å². The zero-order valence-corrected chi connectivity index (χ0v) is 12.4. The maximum atomic E-state index is 12.7. The minimum absolute atomic E-state index is 0.0585.